The summed E-state index contributed by atoms with van der Waals surface area (Å²) in [7, 11) is 1.97. The summed E-state index contributed by atoms with van der Waals surface area (Å²) in [5, 5.41) is 10.2. The molecule has 110 valence electrons. The van der Waals surface area contributed by atoms with Gasteiger partial charge in [-0.1, -0.05) is 18.2 Å². The predicted molar refractivity (Wildman–Crippen MR) is 80.9 cm³/mol. The van der Waals surface area contributed by atoms with Gasteiger partial charge in [-0.05, 0) is 25.0 Å². The second kappa shape index (κ2) is 5.69. The quantitative estimate of drug-likeness (QED) is 0.936. The van der Waals surface area contributed by atoms with Gasteiger partial charge in [-0.25, -0.2) is 9.78 Å². The molecule has 1 aromatic carbocycles. The van der Waals surface area contributed by atoms with Crippen molar-refractivity contribution in [2.45, 2.75) is 18.9 Å². The molecule has 21 heavy (non-hydrogen) atoms. The van der Waals surface area contributed by atoms with Crippen LogP contribution in [-0.2, 0) is 4.74 Å². The van der Waals surface area contributed by atoms with Crippen molar-refractivity contribution in [3.8, 4) is 0 Å². The minimum absolute atomic E-state index is 0.0721. The van der Waals surface area contributed by atoms with E-state index in [0.717, 1.165) is 37.1 Å². The number of hydrogen-bond donors (Lipinski definition) is 1. The normalized spacial score (nSPS) is 18.0. The van der Waals surface area contributed by atoms with Crippen LogP contribution < -0.4 is 4.90 Å². The summed E-state index contributed by atoms with van der Waals surface area (Å²) in [6.07, 6.45) is 2.37. The number of anilines is 1. The molecule has 0 spiro atoms. The first-order valence-electron chi connectivity index (χ1n) is 7.11. The smallest absolute Gasteiger partial charge is 0.354 e. The maximum atomic E-state index is 11.3. The zero-order valence-corrected chi connectivity index (χ0v) is 12.0. The van der Waals surface area contributed by atoms with E-state index in [-0.39, 0.29) is 11.8 Å². The Morgan fingerprint density at radius 1 is 1.48 bits per heavy atom. The van der Waals surface area contributed by atoms with Crippen molar-refractivity contribution in [1.82, 2.24) is 4.98 Å². The van der Waals surface area contributed by atoms with Crippen molar-refractivity contribution in [3.05, 3.63) is 36.0 Å². The summed E-state index contributed by atoms with van der Waals surface area (Å²) < 4.78 is 5.66. The molecular weight excluding hydrogens is 268 g/mol. The summed E-state index contributed by atoms with van der Waals surface area (Å²) in [5.74, 6) is -1.01. The van der Waals surface area contributed by atoms with Gasteiger partial charge in [0.05, 0.1) is 11.6 Å². The van der Waals surface area contributed by atoms with E-state index in [1.165, 1.54) is 0 Å². The third kappa shape index (κ3) is 2.83. The number of pyridine rings is 1. The molecular formula is C16H18N2O3. The number of hydrogen-bond acceptors (Lipinski definition) is 4. The average Bonchev–Trinajstić information content (AvgIpc) is 2.98. The number of nitrogens with zero attached hydrogens (tertiary/aromatic N) is 2. The van der Waals surface area contributed by atoms with E-state index >= 15 is 0 Å². The number of ether oxygens (including phenoxy) is 1. The van der Waals surface area contributed by atoms with Crippen LogP contribution in [0.4, 0.5) is 5.69 Å². The van der Waals surface area contributed by atoms with Crippen molar-refractivity contribution in [2.75, 3.05) is 25.1 Å². The molecule has 5 heteroatoms. The van der Waals surface area contributed by atoms with Crippen molar-refractivity contribution in [1.29, 1.82) is 0 Å². The highest BCUT2D eigenvalue weighted by Gasteiger charge is 2.20. The highest BCUT2D eigenvalue weighted by atomic mass is 16.5. The Kier molecular flexibility index (Phi) is 3.75. The fraction of sp³-hybridized carbons (Fsp3) is 0.375. The molecule has 1 aliphatic rings. The lowest BCUT2D eigenvalue weighted by Crippen LogP contribution is -2.29. The summed E-state index contributed by atoms with van der Waals surface area (Å²) in [5.41, 5.74) is 1.66. The molecule has 2 aromatic rings. The molecule has 1 aliphatic heterocycles. The number of rotatable bonds is 4. The Balaban J connectivity index is 2.00. The van der Waals surface area contributed by atoms with E-state index < -0.39 is 5.97 Å². The Morgan fingerprint density at radius 2 is 2.29 bits per heavy atom. The number of aromatic carboxylic acids is 1. The molecule has 0 saturated carbocycles. The first-order valence-corrected chi connectivity index (χ1v) is 7.11. The SMILES string of the molecule is CN(CC1CCCO1)c1cc(C(=O)O)nc2ccccc12. The van der Waals surface area contributed by atoms with Crippen molar-refractivity contribution < 1.29 is 14.6 Å². The third-order valence-electron chi connectivity index (χ3n) is 3.83. The lowest BCUT2D eigenvalue weighted by molar-refractivity contribution is 0.0691. The van der Waals surface area contributed by atoms with Gasteiger partial charge in [0.2, 0.25) is 0 Å². The second-order valence-corrected chi connectivity index (χ2v) is 5.36. The van der Waals surface area contributed by atoms with Crippen LogP contribution >= 0.6 is 0 Å². The molecule has 1 fully saturated rings. The number of carbonyl (C=O) groups is 1. The maximum Gasteiger partial charge on any atom is 0.354 e. The zero-order valence-electron chi connectivity index (χ0n) is 12.0. The van der Waals surface area contributed by atoms with Gasteiger partial charge >= 0.3 is 5.97 Å². The van der Waals surface area contributed by atoms with Gasteiger partial charge in [-0.15, -0.1) is 0 Å². The maximum absolute atomic E-state index is 11.3. The standard InChI is InChI=1S/C16H18N2O3/c1-18(10-11-5-4-8-21-11)15-9-14(16(19)20)17-13-7-3-2-6-12(13)15/h2-3,6-7,9,11H,4-5,8,10H2,1H3,(H,19,20). The molecule has 5 nitrogen and oxygen atoms in total. The van der Waals surface area contributed by atoms with Gasteiger partial charge in [-0.2, -0.15) is 0 Å². The molecule has 2 heterocycles. The van der Waals surface area contributed by atoms with Gasteiger partial charge < -0.3 is 14.7 Å². The lowest BCUT2D eigenvalue weighted by atomic mass is 10.1. The fourth-order valence-corrected chi connectivity index (χ4v) is 2.77. The van der Waals surface area contributed by atoms with E-state index in [1.54, 1.807) is 6.07 Å². The van der Waals surface area contributed by atoms with Gasteiger partial charge in [0, 0.05) is 31.3 Å². The molecule has 0 bridgehead atoms. The van der Waals surface area contributed by atoms with Crippen molar-refractivity contribution in [2.24, 2.45) is 0 Å². The summed E-state index contributed by atoms with van der Waals surface area (Å²) >= 11 is 0. The van der Waals surface area contributed by atoms with Gasteiger partial charge in [0.15, 0.2) is 5.69 Å². The lowest BCUT2D eigenvalue weighted by Gasteiger charge is -2.24. The Morgan fingerprint density at radius 3 is 3.00 bits per heavy atom. The predicted octanol–water partition coefficient (Wildman–Crippen LogP) is 2.55. The van der Waals surface area contributed by atoms with Crippen LogP contribution in [0.15, 0.2) is 30.3 Å². The van der Waals surface area contributed by atoms with Crippen molar-refractivity contribution >= 4 is 22.6 Å². The minimum atomic E-state index is -1.01. The second-order valence-electron chi connectivity index (χ2n) is 5.36. The average molecular weight is 286 g/mol. The summed E-state index contributed by atoms with van der Waals surface area (Å²) in [6.45, 7) is 1.57. The van der Waals surface area contributed by atoms with Gasteiger partial charge in [-0.3, -0.25) is 0 Å². The molecule has 1 saturated heterocycles. The molecule has 1 aromatic heterocycles. The first-order chi connectivity index (χ1) is 10.1. The highest BCUT2D eigenvalue weighted by molar-refractivity contribution is 5.97. The Hall–Kier alpha value is -2.14. The van der Waals surface area contributed by atoms with Crippen LogP contribution in [0, 0.1) is 0 Å². The molecule has 0 radical (unpaired) electrons. The molecule has 1 atom stereocenters. The van der Waals surface area contributed by atoms with Crippen LogP contribution in [0.5, 0.6) is 0 Å². The topological polar surface area (TPSA) is 62.7 Å². The number of fused-ring (bicyclic) bond motifs is 1. The van der Waals surface area contributed by atoms with E-state index in [4.69, 9.17) is 4.74 Å². The van der Waals surface area contributed by atoms with Gasteiger partial charge in [0.1, 0.15) is 0 Å². The van der Waals surface area contributed by atoms with E-state index in [1.807, 2.05) is 31.3 Å². The molecule has 1 unspecified atom stereocenters. The van der Waals surface area contributed by atoms with E-state index in [2.05, 4.69) is 9.88 Å². The van der Waals surface area contributed by atoms with Crippen LogP contribution in [0.25, 0.3) is 10.9 Å². The Labute approximate surface area is 123 Å². The third-order valence-corrected chi connectivity index (χ3v) is 3.83. The van der Waals surface area contributed by atoms with Crippen molar-refractivity contribution in [3.63, 3.8) is 0 Å². The first kappa shape index (κ1) is 13.8. The van der Waals surface area contributed by atoms with Gasteiger partial charge in [0.25, 0.3) is 0 Å². The fourth-order valence-electron chi connectivity index (χ4n) is 2.77. The molecule has 0 aliphatic carbocycles. The van der Waals surface area contributed by atoms with Crippen LogP contribution in [0.2, 0.25) is 0 Å². The number of carboxylic acids is 1. The largest absolute Gasteiger partial charge is 0.477 e. The number of benzene rings is 1. The summed E-state index contributed by atoms with van der Waals surface area (Å²) in [6, 6.07) is 9.25. The Bertz CT molecular complexity index is 666. The number of para-hydroxylation sites is 1. The number of likely N-dealkylation sites (N-methyl/N-ethyl adjacent to an activating group) is 1. The monoisotopic (exact) mass is 286 g/mol. The number of carboxylic acid groups (broad SMARTS) is 1. The summed E-state index contributed by atoms with van der Waals surface area (Å²) in [4.78, 5) is 17.5. The minimum Gasteiger partial charge on any atom is -0.477 e. The molecule has 0 amide bonds. The van der Waals surface area contributed by atoms with Crippen LogP contribution in [-0.4, -0.2) is 42.4 Å². The van der Waals surface area contributed by atoms with E-state index in [9.17, 15) is 9.90 Å². The molecule has 1 N–H and O–H groups in total. The van der Waals surface area contributed by atoms with E-state index in [0.29, 0.717) is 5.52 Å². The zero-order chi connectivity index (χ0) is 14.8. The molecule has 3 rings (SSSR count). The number of aromatic nitrogens is 1. The van der Waals surface area contributed by atoms with Crippen LogP contribution in [0.3, 0.4) is 0 Å². The highest BCUT2D eigenvalue weighted by Crippen LogP contribution is 2.27. The van der Waals surface area contributed by atoms with Crippen LogP contribution in [0.1, 0.15) is 23.3 Å².